The highest BCUT2D eigenvalue weighted by atomic mass is 35.5. The number of para-hydroxylation sites is 1. The SMILES string of the molecule is COc1cccc(/C=C2\Oc3c(cc4c(c3C)OCN(Cc3ccc(Cl)c(Cl)c3)C4)C2=O)c1OC. The summed E-state index contributed by atoms with van der Waals surface area (Å²) in [5, 5.41) is 1.04. The van der Waals surface area contributed by atoms with Gasteiger partial charge in [0.2, 0.25) is 5.78 Å². The van der Waals surface area contributed by atoms with E-state index in [0.29, 0.717) is 58.2 Å². The van der Waals surface area contributed by atoms with Gasteiger partial charge < -0.3 is 18.9 Å². The van der Waals surface area contributed by atoms with Gasteiger partial charge in [-0.15, -0.1) is 0 Å². The fourth-order valence-corrected chi connectivity index (χ4v) is 4.78. The number of hydrogen-bond acceptors (Lipinski definition) is 6. The van der Waals surface area contributed by atoms with Crippen molar-refractivity contribution < 1.29 is 23.7 Å². The average Bonchev–Trinajstić information content (AvgIpc) is 3.16. The molecule has 2 aliphatic rings. The Labute approximate surface area is 213 Å². The summed E-state index contributed by atoms with van der Waals surface area (Å²) >= 11 is 12.2. The van der Waals surface area contributed by atoms with Crippen molar-refractivity contribution >= 4 is 35.1 Å². The summed E-state index contributed by atoms with van der Waals surface area (Å²) in [5.41, 5.74) is 3.98. The number of carbonyl (C=O) groups excluding carboxylic acids is 1. The number of allylic oxidation sites excluding steroid dienone is 1. The van der Waals surface area contributed by atoms with Crippen LogP contribution >= 0.6 is 23.2 Å². The van der Waals surface area contributed by atoms with Crippen molar-refractivity contribution in [2.45, 2.75) is 20.0 Å². The van der Waals surface area contributed by atoms with Crippen molar-refractivity contribution in [1.29, 1.82) is 0 Å². The Kier molecular flexibility index (Phi) is 6.36. The lowest BCUT2D eigenvalue weighted by molar-refractivity contribution is 0.0876. The van der Waals surface area contributed by atoms with Crippen LogP contribution in [0.5, 0.6) is 23.0 Å². The van der Waals surface area contributed by atoms with E-state index in [1.807, 2.05) is 37.3 Å². The van der Waals surface area contributed by atoms with Gasteiger partial charge in [0.05, 0.1) is 29.8 Å². The van der Waals surface area contributed by atoms with Gasteiger partial charge in [0, 0.05) is 29.8 Å². The van der Waals surface area contributed by atoms with Gasteiger partial charge in [-0.25, -0.2) is 0 Å². The van der Waals surface area contributed by atoms with E-state index in [0.717, 1.165) is 22.4 Å². The van der Waals surface area contributed by atoms with Gasteiger partial charge in [-0.2, -0.15) is 0 Å². The van der Waals surface area contributed by atoms with E-state index >= 15 is 0 Å². The molecule has 0 saturated carbocycles. The Morgan fingerprint density at radius 3 is 2.63 bits per heavy atom. The van der Waals surface area contributed by atoms with E-state index in [1.54, 1.807) is 32.4 Å². The predicted octanol–water partition coefficient (Wildman–Crippen LogP) is 6.29. The molecule has 0 aliphatic carbocycles. The molecule has 2 heterocycles. The number of halogens is 2. The summed E-state index contributed by atoms with van der Waals surface area (Å²) in [6.45, 7) is 3.58. The van der Waals surface area contributed by atoms with Crippen molar-refractivity contribution in [2.75, 3.05) is 21.0 Å². The summed E-state index contributed by atoms with van der Waals surface area (Å²) in [7, 11) is 3.13. The minimum absolute atomic E-state index is 0.183. The first-order valence-electron chi connectivity index (χ1n) is 11.0. The van der Waals surface area contributed by atoms with Crippen LogP contribution in [0.1, 0.15) is 32.6 Å². The van der Waals surface area contributed by atoms with Crippen molar-refractivity contribution in [3.8, 4) is 23.0 Å². The van der Waals surface area contributed by atoms with Gasteiger partial charge in [-0.3, -0.25) is 9.69 Å². The molecule has 0 aromatic heterocycles. The van der Waals surface area contributed by atoms with E-state index in [4.69, 9.17) is 42.1 Å². The molecule has 2 aliphatic heterocycles. The third-order valence-corrected chi connectivity index (χ3v) is 6.85. The van der Waals surface area contributed by atoms with Gasteiger partial charge in [0.1, 0.15) is 18.2 Å². The van der Waals surface area contributed by atoms with E-state index in [1.165, 1.54) is 0 Å². The van der Waals surface area contributed by atoms with Gasteiger partial charge in [0.15, 0.2) is 17.3 Å². The Hall–Kier alpha value is -3.19. The molecule has 35 heavy (non-hydrogen) atoms. The van der Waals surface area contributed by atoms with Gasteiger partial charge in [-0.1, -0.05) is 41.4 Å². The number of nitrogens with zero attached hydrogens (tertiary/aromatic N) is 1. The van der Waals surface area contributed by atoms with Crippen LogP contribution in [0.2, 0.25) is 10.0 Å². The van der Waals surface area contributed by atoms with Crippen LogP contribution < -0.4 is 18.9 Å². The van der Waals surface area contributed by atoms with Crippen LogP contribution in [0.3, 0.4) is 0 Å². The van der Waals surface area contributed by atoms with Crippen LogP contribution in [0.25, 0.3) is 6.08 Å². The number of rotatable bonds is 5. The number of Topliss-reactive ketones (excluding diaryl/α,β-unsaturated/α-hetero) is 1. The number of ketones is 1. The first-order valence-corrected chi connectivity index (χ1v) is 11.8. The molecule has 0 atom stereocenters. The molecule has 0 spiro atoms. The highest BCUT2D eigenvalue weighted by Crippen LogP contribution is 2.44. The molecule has 8 heteroatoms. The molecule has 0 radical (unpaired) electrons. The quantitative estimate of drug-likeness (QED) is 0.375. The number of benzene rings is 3. The molecule has 3 aromatic carbocycles. The number of carbonyl (C=O) groups is 1. The van der Waals surface area contributed by atoms with Crippen molar-refractivity contribution in [1.82, 2.24) is 4.90 Å². The van der Waals surface area contributed by atoms with Crippen LogP contribution in [-0.4, -0.2) is 31.6 Å². The Morgan fingerprint density at radius 2 is 1.89 bits per heavy atom. The molecule has 0 fully saturated rings. The summed E-state index contributed by atoms with van der Waals surface area (Å²) in [6, 6.07) is 12.9. The fourth-order valence-electron chi connectivity index (χ4n) is 4.46. The van der Waals surface area contributed by atoms with E-state index in [9.17, 15) is 4.79 Å². The standard InChI is InChI=1S/C27H23Cl2NO5/c1-15-25-18(13-30(14-34-25)12-16-7-8-20(28)21(29)9-16)10-19-24(31)23(35-26(15)19)11-17-5-4-6-22(32-2)27(17)33-3/h4-11H,12-14H2,1-3H3/b23-11-. The normalized spacial score (nSPS) is 15.9. The lowest BCUT2D eigenvalue weighted by atomic mass is 9.99. The molecule has 0 unspecified atom stereocenters. The molecule has 0 amide bonds. The first-order chi connectivity index (χ1) is 16.9. The Bertz CT molecular complexity index is 1370. The van der Waals surface area contributed by atoms with Crippen molar-refractivity contribution in [3.05, 3.63) is 86.1 Å². The van der Waals surface area contributed by atoms with Crippen molar-refractivity contribution in [3.63, 3.8) is 0 Å². The highest BCUT2D eigenvalue weighted by Gasteiger charge is 2.34. The summed E-state index contributed by atoms with van der Waals surface area (Å²) in [4.78, 5) is 15.4. The van der Waals surface area contributed by atoms with Crippen LogP contribution in [0, 0.1) is 6.92 Å². The monoisotopic (exact) mass is 511 g/mol. The van der Waals surface area contributed by atoms with E-state index in [-0.39, 0.29) is 11.5 Å². The first kappa shape index (κ1) is 23.5. The maximum absolute atomic E-state index is 13.3. The minimum Gasteiger partial charge on any atom is -0.493 e. The third-order valence-electron chi connectivity index (χ3n) is 6.11. The van der Waals surface area contributed by atoms with Gasteiger partial charge >= 0.3 is 0 Å². The smallest absolute Gasteiger partial charge is 0.231 e. The minimum atomic E-state index is -0.183. The van der Waals surface area contributed by atoms with Crippen LogP contribution in [0.15, 0.2) is 48.2 Å². The summed E-state index contributed by atoms with van der Waals surface area (Å²) in [5.74, 6) is 2.43. The second kappa shape index (κ2) is 9.46. The predicted molar refractivity (Wildman–Crippen MR) is 135 cm³/mol. The number of hydrogen-bond donors (Lipinski definition) is 0. The zero-order valence-corrected chi connectivity index (χ0v) is 21.0. The number of ether oxygens (including phenoxy) is 4. The molecule has 0 saturated heterocycles. The van der Waals surface area contributed by atoms with E-state index in [2.05, 4.69) is 4.90 Å². The second-order valence-corrected chi connectivity index (χ2v) is 9.21. The molecule has 5 rings (SSSR count). The Balaban J connectivity index is 1.43. The molecule has 180 valence electrons. The lowest BCUT2D eigenvalue weighted by Crippen LogP contribution is -2.32. The summed E-state index contributed by atoms with van der Waals surface area (Å²) in [6.07, 6.45) is 1.68. The van der Waals surface area contributed by atoms with Crippen LogP contribution in [-0.2, 0) is 13.1 Å². The van der Waals surface area contributed by atoms with Crippen molar-refractivity contribution in [2.24, 2.45) is 0 Å². The third kappa shape index (κ3) is 4.33. The average molecular weight is 512 g/mol. The van der Waals surface area contributed by atoms with Gasteiger partial charge in [-0.05, 0) is 42.8 Å². The molecule has 0 bridgehead atoms. The fraction of sp³-hybridized carbons (Fsp3) is 0.222. The highest BCUT2D eigenvalue weighted by molar-refractivity contribution is 6.42. The maximum atomic E-state index is 13.3. The van der Waals surface area contributed by atoms with E-state index < -0.39 is 0 Å². The molecular weight excluding hydrogens is 489 g/mol. The number of methoxy groups -OCH3 is 2. The zero-order chi connectivity index (χ0) is 24.7. The summed E-state index contributed by atoms with van der Waals surface area (Å²) < 4.78 is 23.0. The molecule has 6 nitrogen and oxygen atoms in total. The lowest BCUT2D eigenvalue weighted by Gasteiger charge is -2.30. The largest absolute Gasteiger partial charge is 0.493 e. The zero-order valence-electron chi connectivity index (χ0n) is 19.5. The second-order valence-electron chi connectivity index (χ2n) is 8.40. The molecule has 0 N–H and O–H groups in total. The maximum Gasteiger partial charge on any atom is 0.231 e. The number of fused-ring (bicyclic) bond motifs is 2. The Morgan fingerprint density at radius 1 is 1.06 bits per heavy atom. The van der Waals surface area contributed by atoms with Crippen LogP contribution in [0.4, 0.5) is 0 Å². The topological polar surface area (TPSA) is 57.2 Å². The molecule has 3 aromatic rings. The molecular formula is C27H23Cl2NO5. The van der Waals surface area contributed by atoms with Gasteiger partial charge in [0.25, 0.3) is 0 Å².